The molecule has 1 aliphatic heterocycles. The van der Waals surface area contributed by atoms with Crippen molar-refractivity contribution in [1.29, 1.82) is 0 Å². The predicted octanol–water partition coefficient (Wildman–Crippen LogP) is 3.65. The topological polar surface area (TPSA) is 120 Å². The van der Waals surface area contributed by atoms with Crippen molar-refractivity contribution in [2.24, 2.45) is 9.98 Å². The largest absolute Gasteiger partial charge is 0.497 e. The molecule has 5 rings (SSSR count). The highest BCUT2D eigenvalue weighted by Crippen LogP contribution is 2.35. The van der Waals surface area contributed by atoms with Gasteiger partial charge in [0.2, 0.25) is 0 Å². The van der Waals surface area contributed by atoms with Gasteiger partial charge in [0.15, 0.2) is 0 Å². The van der Waals surface area contributed by atoms with E-state index in [9.17, 15) is 10.0 Å². The Morgan fingerprint density at radius 2 is 1.63 bits per heavy atom. The van der Waals surface area contributed by atoms with Gasteiger partial charge in [-0.05, 0) is 79.8 Å². The van der Waals surface area contributed by atoms with Crippen molar-refractivity contribution >= 4 is 42.9 Å². The summed E-state index contributed by atoms with van der Waals surface area (Å²) in [6.45, 7) is 12.8. The second kappa shape index (κ2) is 15.5. The molecule has 1 radical (unpaired) electrons. The molecule has 0 amide bonds. The van der Waals surface area contributed by atoms with Crippen LogP contribution < -0.4 is 36.1 Å². The molecule has 0 aromatic heterocycles. The summed E-state index contributed by atoms with van der Waals surface area (Å²) in [6, 6.07) is 25.0. The van der Waals surface area contributed by atoms with Gasteiger partial charge in [-0.2, -0.15) is 0 Å². The Morgan fingerprint density at radius 1 is 0.939 bits per heavy atom. The maximum absolute atomic E-state index is 9.41. The van der Waals surface area contributed by atoms with E-state index in [2.05, 4.69) is 30.2 Å². The third kappa shape index (κ3) is 8.34. The van der Waals surface area contributed by atoms with Crippen LogP contribution in [0, 0.1) is 13.8 Å². The summed E-state index contributed by atoms with van der Waals surface area (Å²) in [7, 11) is 3.51. The van der Waals surface area contributed by atoms with E-state index in [1.807, 2.05) is 86.5 Å². The van der Waals surface area contributed by atoms with E-state index in [0.29, 0.717) is 30.1 Å². The molecule has 49 heavy (non-hydrogen) atoms. The summed E-state index contributed by atoms with van der Waals surface area (Å²) in [5.74, 6) is 2.93. The highest BCUT2D eigenvalue weighted by molar-refractivity contribution is 6.58. The molecule has 10 nitrogen and oxygen atoms in total. The van der Waals surface area contributed by atoms with Crippen LogP contribution in [0.15, 0.2) is 102 Å². The van der Waals surface area contributed by atoms with Gasteiger partial charge in [0.05, 0.1) is 33.0 Å². The Balaban J connectivity index is 1.31. The normalized spacial score (nSPS) is 14.5. The lowest BCUT2D eigenvalue weighted by molar-refractivity contribution is 0.189. The van der Waals surface area contributed by atoms with Crippen molar-refractivity contribution in [2.45, 2.75) is 46.4 Å². The smallest absolute Gasteiger partial charge is 0.488 e. The van der Waals surface area contributed by atoms with E-state index in [1.165, 1.54) is 0 Å². The number of nitrogens with one attached hydrogen (secondary N) is 2. The average Bonchev–Trinajstić information content (AvgIpc) is 3.09. The molecule has 251 valence electrons. The Bertz CT molecular complexity index is 1840. The minimum Gasteiger partial charge on any atom is -0.497 e. The monoisotopic (exact) mass is 658 g/mol. The van der Waals surface area contributed by atoms with Crippen LogP contribution in [0.25, 0.3) is 0 Å². The van der Waals surface area contributed by atoms with Crippen LogP contribution in [0.5, 0.6) is 11.5 Å². The van der Waals surface area contributed by atoms with E-state index in [-0.39, 0.29) is 0 Å². The first-order chi connectivity index (χ1) is 23.5. The first kappa shape index (κ1) is 35.3. The molecule has 0 bridgehead atoms. The van der Waals surface area contributed by atoms with Crippen LogP contribution in [-0.2, 0) is 17.8 Å². The molecule has 0 saturated carbocycles. The Kier molecular flexibility index (Phi) is 11.1. The van der Waals surface area contributed by atoms with Gasteiger partial charge >= 0.3 is 14.6 Å². The molecular weight excluding hydrogens is 616 g/mol. The summed E-state index contributed by atoms with van der Waals surface area (Å²) in [6.07, 6.45) is 1.63. The fourth-order valence-electron chi connectivity index (χ4n) is 5.59. The van der Waals surface area contributed by atoms with E-state index >= 15 is 0 Å². The third-order valence-electron chi connectivity index (χ3n) is 8.24. The third-order valence-corrected chi connectivity index (χ3v) is 8.24. The van der Waals surface area contributed by atoms with Gasteiger partial charge in [-0.25, -0.2) is 5.06 Å². The highest BCUT2D eigenvalue weighted by atomic mass is 16.6. The van der Waals surface area contributed by atoms with Gasteiger partial charge in [-0.3, -0.25) is 9.98 Å². The standard InChI is InChI=1S/C37H42B2N5O5/c1-8-40-35(32-21-34(48-7)25(3)19-24(32)2)41-22-26-9-13-28(14-10-26)38-49-44-33-20-30(47-6)17-18-31(33)36(43-37(44,4)5)42-23-27-11-15-29(16-12-27)39(45)46/h8-21,45-46H,1,22-23H2,2-7H3,(H,40,41)(H,42,43). The minimum absolute atomic E-state index is 0.402. The van der Waals surface area contributed by atoms with E-state index < -0.39 is 12.8 Å². The number of rotatable bonds is 12. The lowest BCUT2D eigenvalue weighted by Crippen LogP contribution is -2.61. The zero-order valence-electron chi connectivity index (χ0n) is 28.8. The Labute approximate surface area is 289 Å². The van der Waals surface area contributed by atoms with Gasteiger partial charge in [0.25, 0.3) is 0 Å². The summed E-state index contributed by atoms with van der Waals surface area (Å²) in [5.41, 5.74) is 7.39. The maximum atomic E-state index is 9.41. The van der Waals surface area contributed by atoms with Crippen LogP contribution in [0.4, 0.5) is 5.69 Å². The number of fused-ring (bicyclic) bond motifs is 1. The van der Waals surface area contributed by atoms with E-state index in [0.717, 1.165) is 56.1 Å². The van der Waals surface area contributed by atoms with Crippen molar-refractivity contribution in [3.63, 3.8) is 0 Å². The second-order valence-corrected chi connectivity index (χ2v) is 12.3. The predicted molar refractivity (Wildman–Crippen MR) is 198 cm³/mol. The van der Waals surface area contributed by atoms with Gasteiger partial charge in [0.1, 0.15) is 28.8 Å². The average molecular weight is 658 g/mol. The van der Waals surface area contributed by atoms with Crippen molar-refractivity contribution in [3.05, 3.63) is 125 Å². The second-order valence-electron chi connectivity index (χ2n) is 12.3. The fraction of sp³-hybridized carbons (Fsp3) is 0.243. The number of anilines is 1. The molecule has 4 aromatic rings. The summed E-state index contributed by atoms with van der Waals surface area (Å²) in [4.78, 5) is 9.74. The summed E-state index contributed by atoms with van der Waals surface area (Å²) < 4.78 is 17.5. The Hall–Kier alpha value is -5.03. The van der Waals surface area contributed by atoms with Crippen LogP contribution in [-0.4, -0.2) is 56.2 Å². The van der Waals surface area contributed by atoms with Crippen molar-refractivity contribution in [1.82, 2.24) is 10.6 Å². The van der Waals surface area contributed by atoms with Crippen molar-refractivity contribution < 1.29 is 24.3 Å². The Morgan fingerprint density at radius 3 is 2.29 bits per heavy atom. The molecule has 0 spiro atoms. The molecule has 0 saturated heterocycles. The van der Waals surface area contributed by atoms with E-state index in [1.54, 1.807) is 40.0 Å². The number of methoxy groups -OCH3 is 2. The van der Waals surface area contributed by atoms with Gasteiger partial charge in [-0.15, -0.1) is 0 Å². The molecule has 4 N–H and O–H groups in total. The van der Waals surface area contributed by atoms with Crippen LogP contribution in [0.1, 0.15) is 47.2 Å². The van der Waals surface area contributed by atoms with Crippen LogP contribution in [0.3, 0.4) is 0 Å². The van der Waals surface area contributed by atoms with Crippen molar-refractivity contribution in [3.8, 4) is 11.5 Å². The molecule has 1 heterocycles. The number of hydrogen-bond acceptors (Lipinski definition) is 8. The van der Waals surface area contributed by atoms with Gasteiger partial charge in [-0.1, -0.05) is 66.6 Å². The van der Waals surface area contributed by atoms with Crippen LogP contribution in [0.2, 0.25) is 0 Å². The maximum Gasteiger partial charge on any atom is 0.488 e. The number of benzene rings is 4. The van der Waals surface area contributed by atoms with Gasteiger partial charge in [0, 0.05) is 17.2 Å². The first-order valence-electron chi connectivity index (χ1n) is 16.0. The zero-order chi connectivity index (χ0) is 35.1. The highest BCUT2D eigenvalue weighted by Gasteiger charge is 2.37. The van der Waals surface area contributed by atoms with Gasteiger partial charge < -0.3 is 34.9 Å². The molecule has 0 aliphatic carbocycles. The van der Waals surface area contributed by atoms with E-state index in [4.69, 9.17) is 24.2 Å². The number of hydrogen-bond donors (Lipinski definition) is 4. The molecule has 0 unspecified atom stereocenters. The van der Waals surface area contributed by atoms with Crippen LogP contribution >= 0.6 is 0 Å². The molecule has 1 aliphatic rings. The molecule has 12 heteroatoms. The quantitative estimate of drug-likeness (QED) is 0.104. The lowest BCUT2D eigenvalue weighted by atomic mass is 9.80. The van der Waals surface area contributed by atoms with Crippen molar-refractivity contribution in [2.75, 3.05) is 19.3 Å². The molecule has 0 atom stereocenters. The first-order valence-corrected chi connectivity index (χ1v) is 16.0. The minimum atomic E-state index is -1.50. The number of hydroxylamine groups is 1. The fourth-order valence-corrected chi connectivity index (χ4v) is 5.59. The number of aliphatic imine (C=N–C) groups is 2. The number of amidine groups is 2. The number of nitrogens with zero attached hydrogens (tertiary/aromatic N) is 3. The lowest BCUT2D eigenvalue weighted by Gasteiger charge is -2.45. The molecule has 0 fully saturated rings. The summed E-state index contributed by atoms with van der Waals surface area (Å²) >= 11 is 0. The number of aryl methyl sites for hydroxylation is 2. The molecule has 4 aromatic carbocycles. The number of ether oxygens (including phenoxy) is 2. The molecular formula is C37H42B2N5O5. The SMILES string of the molecule is C=CNC(=NCc1ccc([B]ON2c3cc(OC)ccc3C(=NCc3ccc(B(O)O)cc3)NC2(C)C)cc1)c1cc(OC)c(C)cc1C. The summed E-state index contributed by atoms with van der Waals surface area (Å²) in [5, 5.41) is 27.3. The zero-order valence-corrected chi connectivity index (χ0v) is 28.8.